The third kappa shape index (κ3) is 3.54. The number of amides is 1. The van der Waals surface area contributed by atoms with E-state index >= 15 is 0 Å². The molecule has 1 unspecified atom stereocenters. The number of hydrogen-bond acceptors (Lipinski definition) is 4. The highest BCUT2D eigenvalue weighted by molar-refractivity contribution is 6.30. The molecule has 0 saturated carbocycles. The summed E-state index contributed by atoms with van der Waals surface area (Å²) in [7, 11) is 0. The third-order valence-electron chi connectivity index (χ3n) is 4.04. The molecule has 3 rings (SSSR count). The van der Waals surface area contributed by atoms with Crippen molar-refractivity contribution in [2.45, 2.75) is 32.2 Å². The zero-order valence-electron chi connectivity index (χ0n) is 13.1. The van der Waals surface area contributed by atoms with Gasteiger partial charge in [0.05, 0.1) is 11.4 Å². The molecule has 2 N–H and O–H groups in total. The molecule has 1 fully saturated rings. The van der Waals surface area contributed by atoms with Crippen LogP contribution in [0.4, 0.5) is 0 Å². The van der Waals surface area contributed by atoms with Crippen LogP contribution in [0, 0.1) is 0 Å². The molecule has 1 amide bonds. The maximum Gasteiger partial charge on any atom is 0.273 e. The van der Waals surface area contributed by atoms with E-state index in [4.69, 9.17) is 11.6 Å². The van der Waals surface area contributed by atoms with Gasteiger partial charge >= 0.3 is 0 Å². The first-order valence-corrected chi connectivity index (χ1v) is 8.29. The summed E-state index contributed by atoms with van der Waals surface area (Å²) in [5.41, 5.74) is 1.97. The molecule has 1 aromatic carbocycles. The molecule has 23 heavy (non-hydrogen) atoms. The van der Waals surface area contributed by atoms with Crippen LogP contribution >= 0.6 is 11.6 Å². The first kappa shape index (κ1) is 16.0. The van der Waals surface area contributed by atoms with Gasteiger partial charge in [-0.05, 0) is 44.0 Å². The highest BCUT2D eigenvalue weighted by Gasteiger charge is 2.21. The van der Waals surface area contributed by atoms with Crippen LogP contribution in [0.25, 0.3) is 5.69 Å². The zero-order valence-corrected chi connectivity index (χ0v) is 13.8. The van der Waals surface area contributed by atoms with Crippen LogP contribution in [-0.4, -0.2) is 40.0 Å². The lowest BCUT2D eigenvalue weighted by Crippen LogP contribution is -2.37. The van der Waals surface area contributed by atoms with E-state index in [9.17, 15) is 4.79 Å². The number of nitrogens with one attached hydrogen (secondary N) is 2. The Bertz CT molecular complexity index is 694. The number of carbonyl (C=O) groups is 1. The minimum atomic E-state index is -0.177. The van der Waals surface area contributed by atoms with Crippen molar-refractivity contribution in [1.29, 1.82) is 0 Å². The number of rotatable bonds is 5. The van der Waals surface area contributed by atoms with Gasteiger partial charge in [-0.1, -0.05) is 29.8 Å². The molecule has 6 nitrogen and oxygen atoms in total. The molecule has 7 heteroatoms. The van der Waals surface area contributed by atoms with E-state index in [-0.39, 0.29) is 5.91 Å². The first-order valence-electron chi connectivity index (χ1n) is 7.91. The van der Waals surface area contributed by atoms with Crippen LogP contribution in [0.2, 0.25) is 5.02 Å². The maximum absolute atomic E-state index is 12.4. The van der Waals surface area contributed by atoms with Gasteiger partial charge < -0.3 is 10.6 Å². The minimum Gasteiger partial charge on any atom is -0.349 e. The lowest BCUT2D eigenvalue weighted by atomic mass is 10.2. The molecular formula is C16H20ClN5O. The van der Waals surface area contributed by atoms with Gasteiger partial charge in [0.25, 0.3) is 5.91 Å². The molecule has 1 saturated heterocycles. The Hall–Kier alpha value is -1.92. The lowest BCUT2D eigenvalue weighted by Gasteiger charge is -2.11. The van der Waals surface area contributed by atoms with E-state index in [0.29, 0.717) is 29.7 Å². The van der Waals surface area contributed by atoms with E-state index in [1.165, 1.54) is 0 Å². The fourth-order valence-corrected chi connectivity index (χ4v) is 3.03. The fourth-order valence-electron chi connectivity index (χ4n) is 2.84. The third-order valence-corrected chi connectivity index (χ3v) is 4.27. The molecule has 0 spiro atoms. The van der Waals surface area contributed by atoms with Crippen molar-refractivity contribution >= 4 is 17.5 Å². The van der Waals surface area contributed by atoms with Crippen molar-refractivity contribution in [3.05, 3.63) is 40.7 Å². The average Bonchev–Trinajstić information content (AvgIpc) is 3.21. The summed E-state index contributed by atoms with van der Waals surface area (Å²) >= 11 is 6.03. The molecule has 122 valence electrons. The van der Waals surface area contributed by atoms with Crippen LogP contribution in [0.1, 0.15) is 35.9 Å². The first-order chi connectivity index (χ1) is 11.2. The van der Waals surface area contributed by atoms with Gasteiger partial charge in [-0.3, -0.25) is 4.79 Å². The monoisotopic (exact) mass is 333 g/mol. The Kier molecular flexibility index (Phi) is 4.93. The summed E-state index contributed by atoms with van der Waals surface area (Å²) in [6, 6.07) is 7.70. The van der Waals surface area contributed by atoms with Gasteiger partial charge in [0, 0.05) is 17.6 Å². The molecule has 0 bridgehead atoms. The quantitative estimate of drug-likeness (QED) is 0.877. The number of halogens is 1. The van der Waals surface area contributed by atoms with Crippen molar-refractivity contribution in [3.8, 4) is 5.69 Å². The van der Waals surface area contributed by atoms with Gasteiger partial charge in [-0.2, -0.15) is 0 Å². The minimum absolute atomic E-state index is 0.177. The van der Waals surface area contributed by atoms with Crippen LogP contribution in [0.3, 0.4) is 0 Å². The van der Waals surface area contributed by atoms with Gasteiger partial charge in [0.1, 0.15) is 0 Å². The summed E-state index contributed by atoms with van der Waals surface area (Å²) in [4.78, 5) is 12.4. The molecule has 2 aromatic rings. The van der Waals surface area contributed by atoms with Crippen molar-refractivity contribution in [2.24, 2.45) is 0 Å². The summed E-state index contributed by atoms with van der Waals surface area (Å²) in [6.07, 6.45) is 2.91. The van der Waals surface area contributed by atoms with Crippen molar-refractivity contribution in [1.82, 2.24) is 25.6 Å². The fraction of sp³-hybridized carbons (Fsp3) is 0.438. The molecule has 0 aliphatic carbocycles. The second-order valence-electron chi connectivity index (χ2n) is 5.63. The van der Waals surface area contributed by atoms with Gasteiger partial charge in [-0.25, -0.2) is 4.68 Å². The van der Waals surface area contributed by atoms with E-state index in [1.807, 2.05) is 19.1 Å². The molecule has 0 radical (unpaired) electrons. The summed E-state index contributed by atoms with van der Waals surface area (Å²) in [5.74, 6) is -0.177. The van der Waals surface area contributed by atoms with Gasteiger partial charge in [0.15, 0.2) is 5.69 Å². The summed E-state index contributed by atoms with van der Waals surface area (Å²) in [6.45, 7) is 3.62. The zero-order chi connectivity index (χ0) is 16.2. The van der Waals surface area contributed by atoms with Crippen molar-refractivity contribution in [2.75, 3.05) is 13.1 Å². The maximum atomic E-state index is 12.4. The van der Waals surface area contributed by atoms with E-state index in [0.717, 1.165) is 30.8 Å². The summed E-state index contributed by atoms with van der Waals surface area (Å²) < 4.78 is 1.68. The highest BCUT2D eigenvalue weighted by atomic mass is 35.5. The molecule has 1 atom stereocenters. The molecule has 2 heterocycles. The van der Waals surface area contributed by atoms with E-state index in [2.05, 4.69) is 20.9 Å². The van der Waals surface area contributed by atoms with E-state index < -0.39 is 0 Å². The lowest BCUT2D eigenvalue weighted by molar-refractivity contribution is 0.0944. The Labute approximate surface area is 140 Å². The largest absolute Gasteiger partial charge is 0.349 e. The van der Waals surface area contributed by atoms with Gasteiger partial charge in [0.2, 0.25) is 0 Å². The Morgan fingerprint density at radius 1 is 1.52 bits per heavy atom. The normalized spacial score (nSPS) is 17.4. The number of nitrogens with zero attached hydrogens (tertiary/aromatic N) is 3. The van der Waals surface area contributed by atoms with Crippen LogP contribution in [0.5, 0.6) is 0 Å². The predicted molar refractivity (Wildman–Crippen MR) is 89.1 cm³/mol. The Morgan fingerprint density at radius 2 is 2.39 bits per heavy atom. The van der Waals surface area contributed by atoms with Gasteiger partial charge in [-0.15, -0.1) is 5.10 Å². The average molecular weight is 334 g/mol. The SMILES string of the molecule is CCc1c(C(=O)NCC2CCCN2)nnn1-c1cccc(Cl)c1. The topological polar surface area (TPSA) is 71.8 Å². The second-order valence-corrected chi connectivity index (χ2v) is 6.07. The van der Waals surface area contributed by atoms with Crippen molar-refractivity contribution < 1.29 is 4.79 Å². The molecule has 1 aliphatic heterocycles. The Morgan fingerprint density at radius 3 is 3.09 bits per heavy atom. The molecule has 1 aromatic heterocycles. The second kappa shape index (κ2) is 7.10. The smallest absolute Gasteiger partial charge is 0.273 e. The number of hydrogen-bond donors (Lipinski definition) is 2. The molecule has 1 aliphatic rings. The van der Waals surface area contributed by atoms with Crippen LogP contribution in [0.15, 0.2) is 24.3 Å². The summed E-state index contributed by atoms with van der Waals surface area (Å²) in [5, 5.41) is 15.1. The highest BCUT2D eigenvalue weighted by Crippen LogP contribution is 2.17. The Balaban J connectivity index is 1.78. The van der Waals surface area contributed by atoms with Crippen LogP contribution < -0.4 is 10.6 Å². The number of carbonyl (C=O) groups excluding carboxylic acids is 1. The number of aromatic nitrogens is 3. The molecular weight excluding hydrogens is 314 g/mol. The predicted octanol–water partition coefficient (Wildman–Crippen LogP) is 1.96. The standard InChI is InChI=1S/C16H20ClN5O/c1-2-14-15(16(23)19-10-12-6-4-8-18-12)20-21-22(14)13-7-3-5-11(17)9-13/h3,5,7,9,12,18H,2,4,6,8,10H2,1H3,(H,19,23). The number of benzene rings is 1. The van der Waals surface area contributed by atoms with Crippen LogP contribution in [-0.2, 0) is 6.42 Å². The van der Waals surface area contributed by atoms with Crippen molar-refractivity contribution in [3.63, 3.8) is 0 Å². The van der Waals surface area contributed by atoms with E-state index in [1.54, 1.807) is 16.8 Å².